The van der Waals surface area contributed by atoms with Crippen LogP contribution in [-0.4, -0.2) is 42.5 Å². The molecule has 0 atom stereocenters. The summed E-state index contributed by atoms with van der Waals surface area (Å²) in [5.74, 6) is -0.0225. The fraction of sp³-hybridized carbons (Fsp3) is 0.303. The summed E-state index contributed by atoms with van der Waals surface area (Å²) in [5.41, 5.74) is 3.51. The average molecular weight is 580 g/mol. The standard InChI is InChI=1S/C33H34FN7O2/c1-20-24(8-6-9-28(20)41-32(43)30-22(18-36-41)14-23(15-25(30)34)33(2,3)4)26-16-27(31(42)39(5)38-26)37-29-11-10-21(17-35-29)19-40-12-7-13-40/h6,8-11,14-18H,7,12-13,19H2,1-5H3,(H,35,37). The van der Waals surface area contributed by atoms with Crippen LogP contribution < -0.4 is 16.4 Å². The molecule has 43 heavy (non-hydrogen) atoms. The van der Waals surface area contributed by atoms with E-state index in [1.165, 1.54) is 28.0 Å². The summed E-state index contributed by atoms with van der Waals surface area (Å²) in [7, 11) is 1.59. The predicted octanol–water partition coefficient (Wildman–Crippen LogP) is 5.24. The minimum Gasteiger partial charge on any atom is -0.336 e. The zero-order valence-corrected chi connectivity index (χ0v) is 25.0. The Bertz CT molecular complexity index is 1970. The number of fused-ring (bicyclic) bond motifs is 1. The van der Waals surface area contributed by atoms with E-state index in [2.05, 4.69) is 25.4 Å². The van der Waals surface area contributed by atoms with E-state index in [-0.39, 0.29) is 16.4 Å². The van der Waals surface area contributed by atoms with Crippen molar-refractivity contribution in [3.05, 3.63) is 104 Å². The SMILES string of the molecule is Cc1c(-c2cc(Nc3ccc(CN4CCC4)cn3)c(=O)n(C)n2)cccc1-n1ncc2cc(C(C)(C)C)cc(F)c2c1=O. The Morgan fingerprint density at radius 1 is 1.00 bits per heavy atom. The molecule has 0 bridgehead atoms. The van der Waals surface area contributed by atoms with Gasteiger partial charge < -0.3 is 5.32 Å². The van der Waals surface area contributed by atoms with Gasteiger partial charge in [-0.15, -0.1) is 0 Å². The van der Waals surface area contributed by atoms with Crippen LogP contribution in [0, 0.1) is 12.7 Å². The van der Waals surface area contributed by atoms with Gasteiger partial charge in [0.1, 0.15) is 17.3 Å². The summed E-state index contributed by atoms with van der Waals surface area (Å²) in [6.45, 7) is 10.9. The van der Waals surface area contributed by atoms with Crippen LogP contribution >= 0.6 is 0 Å². The highest BCUT2D eigenvalue weighted by Gasteiger charge is 2.20. The molecule has 1 aliphatic heterocycles. The van der Waals surface area contributed by atoms with Crippen LogP contribution in [0.3, 0.4) is 0 Å². The summed E-state index contributed by atoms with van der Waals surface area (Å²) in [6, 6.07) is 14.2. The first-order valence-electron chi connectivity index (χ1n) is 14.3. The molecule has 4 heterocycles. The van der Waals surface area contributed by atoms with Crippen molar-refractivity contribution in [1.29, 1.82) is 0 Å². The smallest absolute Gasteiger partial charge is 0.290 e. The molecule has 1 fully saturated rings. The second kappa shape index (κ2) is 10.9. The van der Waals surface area contributed by atoms with Crippen LogP contribution in [0.4, 0.5) is 15.9 Å². The van der Waals surface area contributed by atoms with Gasteiger partial charge in [-0.2, -0.15) is 14.9 Å². The number of rotatable bonds is 6. The third-order valence-electron chi connectivity index (χ3n) is 8.02. The number of pyridine rings is 1. The van der Waals surface area contributed by atoms with E-state index in [1.54, 1.807) is 25.2 Å². The molecule has 5 aromatic rings. The average Bonchev–Trinajstić information content (AvgIpc) is 2.94. The molecule has 2 aromatic carbocycles. The summed E-state index contributed by atoms with van der Waals surface area (Å²) in [5, 5.41) is 12.5. The zero-order valence-electron chi connectivity index (χ0n) is 25.0. The second-order valence-corrected chi connectivity index (χ2v) is 12.2. The Morgan fingerprint density at radius 2 is 1.79 bits per heavy atom. The van der Waals surface area contributed by atoms with E-state index in [1.807, 2.05) is 58.2 Å². The van der Waals surface area contributed by atoms with Crippen molar-refractivity contribution in [3.63, 3.8) is 0 Å². The first-order valence-corrected chi connectivity index (χ1v) is 14.3. The predicted molar refractivity (Wildman–Crippen MR) is 167 cm³/mol. The quantitative estimate of drug-likeness (QED) is 0.294. The third-order valence-corrected chi connectivity index (χ3v) is 8.02. The molecular formula is C33H34FN7O2. The minimum absolute atomic E-state index is 0.0112. The number of hydrogen-bond donors (Lipinski definition) is 1. The van der Waals surface area contributed by atoms with Gasteiger partial charge in [0.15, 0.2) is 0 Å². The fourth-order valence-corrected chi connectivity index (χ4v) is 5.33. The van der Waals surface area contributed by atoms with Gasteiger partial charge >= 0.3 is 0 Å². The van der Waals surface area contributed by atoms with Gasteiger partial charge in [-0.05, 0) is 78.9 Å². The Balaban J connectivity index is 1.36. The van der Waals surface area contributed by atoms with Crippen molar-refractivity contribution in [2.45, 2.75) is 46.1 Å². The van der Waals surface area contributed by atoms with Crippen LogP contribution in [0.5, 0.6) is 0 Å². The maximum absolute atomic E-state index is 15.3. The molecule has 10 heteroatoms. The summed E-state index contributed by atoms with van der Waals surface area (Å²) in [6.07, 6.45) is 4.58. The molecule has 0 aliphatic carbocycles. The molecule has 9 nitrogen and oxygen atoms in total. The lowest BCUT2D eigenvalue weighted by Gasteiger charge is -2.30. The molecule has 1 N–H and O–H groups in total. The number of nitrogens with one attached hydrogen (secondary N) is 1. The summed E-state index contributed by atoms with van der Waals surface area (Å²) >= 11 is 0. The van der Waals surface area contributed by atoms with Crippen molar-refractivity contribution in [1.82, 2.24) is 29.4 Å². The molecule has 220 valence electrons. The van der Waals surface area contributed by atoms with Gasteiger partial charge in [-0.25, -0.2) is 14.1 Å². The van der Waals surface area contributed by atoms with Gasteiger partial charge in [0, 0.05) is 30.7 Å². The van der Waals surface area contributed by atoms with E-state index in [9.17, 15) is 9.59 Å². The molecule has 3 aromatic heterocycles. The van der Waals surface area contributed by atoms with E-state index in [0.717, 1.165) is 30.8 Å². The molecule has 1 saturated heterocycles. The highest BCUT2D eigenvalue weighted by molar-refractivity contribution is 5.83. The monoisotopic (exact) mass is 579 g/mol. The van der Waals surface area contributed by atoms with Crippen LogP contribution in [0.25, 0.3) is 27.7 Å². The first-order chi connectivity index (χ1) is 20.5. The maximum atomic E-state index is 15.3. The molecule has 0 radical (unpaired) electrons. The van der Waals surface area contributed by atoms with Gasteiger partial charge in [-0.1, -0.05) is 39.0 Å². The third kappa shape index (κ3) is 5.46. The molecule has 0 unspecified atom stereocenters. The molecule has 0 amide bonds. The Hall–Kier alpha value is -4.70. The van der Waals surface area contributed by atoms with Gasteiger partial charge in [0.2, 0.25) is 0 Å². The number of aryl methyl sites for hydroxylation is 1. The van der Waals surface area contributed by atoms with Crippen molar-refractivity contribution in [3.8, 4) is 16.9 Å². The van der Waals surface area contributed by atoms with Crippen LogP contribution in [0.2, 0.25) is 0 Å². The first kappa shape index (κ1) is 28.4. The largest absolute Gasteiger partial charge is 0.336 e. The van der Waals surface area contributed by atoms with Crippen molar-refractivity contribution in [2.24, 2.45) is 7.05 Å². The maximum Gasteiger partial charge on any atom is 0.290 e. The zero-order chi connectivity index (χ0) is 30.5. The lowest BCUT2D eigenvalue weighted by molar-refractivity contribution is 0.172. The fourth-order valence-electron chi connectivity index (χ4n) is 5.33. The number of likely N-dealkylation sites (tertiary alicyclic amines) is 1. The van der Waals surface area contributed by atoms with Gasteiger partial charge in [0.05, 0.1) is 23.0 Å². The van der Waals surface area contributed by atoms with E-state index in [4.69, 9.17) is 0 Å². The molecule has 0 saturated carbocycles. The topological polar surface area (TPSA) is 97.9 Å². The highest BCUT2D eigenvalue weighted by atomic mass is 19.1. The Labute approximate surface area is 248 Å². The Morgan fingerprint density at radius 3 is 2.47 bits per heavy atom. The van der Waals surface area contributed by atoms with Crippen molar-refractivity contribution >= 4 is 22.3 Å². The number of hydrogen-bond acceptors (Lipinski definition) is 7. The van der Waals surface area contributed by atoms with Crippen LogP contribution in [0.15, 0.2) is 70.5 Å². The number of anilines is 2. The molecule has 1 aliphatic rings. The van der Waals surface area contributed by atoms with Crippen LogP contribution in [0.1, 0.15) is 43.9 Å². The Kier molecular flexibility index (Phi) is 7.17. The highest BCUT2D eigenvalue weighted by Crippen LogP contribution is 2.29. The molecular weight excluding hydrogens is 545 g/mol. The van der Waals surface area contributed by atoms with Gasteiger partial charge in [0.25, 0.3) is 11.1 Å². The van der Waals surface area contributed by atoms with Gasteiger partial charge in [-0.3, -0.25) is 14.5 Å². The summed E-state index contributed by atoms with van der Waals surface area (Å²) in [4.78, 5) is 33.4. The lowest BCUT2D eigenvalue weighted by Crippen LogP contribution is -2.36. The summed E-state index contributed by atoms with van der Waals surface area (Å²) < 4.78 is 17.8. The van der Waals surface area contributed by atoms with Crippen LogP contribution in [-0.2, 0) is 19.0 Å². The number of aromatic nitrogens is 5. The number of benzene rings is 2. The lowest BCUT2D eigenvalue weighted by atomic mass is 9.86. The minimum atomic E-state index is -0.574. The second-order valence-electron chi connectivity index (χ2n) is 12.2. The van der Waals surface area contributed by atoms with E-state index in [0.29, 0.717) is 39.4 Å². The number of halogens is 1. The van der Waals surface area contributed by atoms with Crippen molar-refractivity contribution < 1.29 is 4.39 Å². The van der Waals surface area contributed by atoms with E-state index < -0.39 is 11.4 Å². The normalized spacial score (nSPS) is 13.7. The van der Waals surface area contributed by atoms with Crippen molar-refractivity contribution in [2.75, 3.05) is 18.4 Å². The van der Waals surface area contributed by atoms with E-state index >= 15 is 4.39 Å². The molecule has 6 rings (SSSR count). The molecule has 0 spiro atoms. The number of nitrogens with zero attached hydrogens (tertiary/aromatic N) is 6.